The number of carbonyl (C=O) groups is 2. The van der Waals surface area contributed by atoms with Gasteiger partial charge in [0.25, 0.3) is 0 Å². The molecule has 344 valence electrons. The van der Waals surface area contributed by atoms with E-state index in [1.54, 1.807) is 0 Å². The van der Waals surface area contributed by atoms with Crippen molar-refractivity contribution in [2.75, 3.05) is 47.5 Å². The van der Waals surface area contributed by atoms with Gasteiger partial charge >= 0.3 is 19.8 Å². The number of hydrogen-bond donors (Lipinski definition) is 1. The van der Waals surface area contributed by atoms with E-state index in [4.69, 9.17) is 23.3 Å². The van der Waals surface area contributed by atoms with Gasteiger partial charge in [0, 0.05) is 12.8 Å². The van der Waals surface area contributed by atoms with Crippen LogP contribution in [0.4, 0.5) is 0 Å². The SMILES string of the molecule is CCCCC/C=C\C/C=C\C/C=C\CC1OC1CCCC(=O)OC[C@H](COP(=O)(O)OCC[N+](C)(C)C)OC(=O)CCCCCCCCCCCCCCCCCCC. The maximum atomic E-state index is 12.7. The summed E-state index contributed by atoms with van der Waals surface area (Å²) in [5, 5.41) is 0. The summed E-state index contributed by atoms with van der Waals surface area (Å²) in [5.74, 6) is -0.869. The van der Waals surface area contributed by atoms with Gasteiger partial charge in [0.15, 0.2) is 6.10 Å². The van der Waals surface area contributed by atoms with Crippen molar-refractivity contribution in [3.8, 4) is 0 Å². The van der Waals surface area contributed by atoms with E-state index < -0.39 is 32.5 Å². The Bertz CT molecular complexity index is 1170. The number of esters is 2. The van der Waals surface area contributed by atoms with Crippen molar-refractivity contribution in [3.63, 3.8) is 0 Å². The summed E-state index contributed by atoms with van der Waals surface area (Å²) < 4.78 is 40.2. The van der Waals surface area contributed by atoms with Crippen molar-refractivity contribution in [2.24, 2.45) is 0 Å². The molecule has 0 aromatic rings. The number of epoxide rings is 1. The quantitative estimate of drug-likeness (QED) is 0.0160. The van der Waals surface area contributed by atoms with Gasteiger partial charge in [-0.15, -0.1) is 0 Å². The topological polar surface area (TPSA) is 121 Å². The fraction of sp³-hybridized carbons (Fsp3) is 0.833. The van der Waals surface area contributed by atoms with Crippen molar-refractivity contribution >= 4 is 19.8 Å². The van der Waals surface area contributed by atoms with Crippen molar-refractivity contribution in [3.05, 3.63) is 36.5 Å². The maximum Gasteiger partial charge on any atom is 0.472 e. The molecule has 1 aliphatic heterocycles. The Hall–Kier alpha value is -1.81. The molecule has 0 spiro atoms. The second-order valence-corrected chi connectivity index (χ2v) is 19.0. The van der Waals surface area contributed by atoms with Gasteiger partial charge in [-0.1, -0.05) is 166 Å². The highest BCUT2D eigenvalue weighted by molar-refractivity contribution is 7.47. The van der Waals surface area contributed by atoms with Crippen LogP contribution in [-0.2, 0) is 37.4 Å². The number of quaternary nitrogens is 1. The van der Waals surface area contributed by atoms with Crippen LogP contribution in [0, 0.1) is 0 Å². The molecular weight excluding hydrogens is 765 g/mol. The van der Waals surface area contributed by atoms with Gasteiger partial charge in [-0.25, -0.2) is 4.57 Å². The third kappa shape index (κ3) is 37.7. The van der Waals surface area contributed by atoms with E-state index in [-0.39, 0.29) is 38.3 Å². The normalized spacial score (nSPS) is 17.3. The zero-order valence-electron chi connectivity index (χ0n) is 38.4. The fourth-order valence-corrected chi connectivity index (χ4v) is 7.49. The number of hydrogen-bond acceptors (Lipinski definition) is 8. The third-order valence-corrected chi connectivity index (χ3v) is 11.6. The zero-order valence-corrected chi connectivity index (χ0v) is 39.3. The minimum absolute atomic E-state index is 0.0204. The van der Waals surface area contributed by atoms with Crippen LogP contribution in [0.3, 0.4) is 0 Å². The van der Waals surface area contributed by atoms with Gasteiger partial charge in [0.2, 0.25) is 0 Å². The molecule has 3 unspecified atom stereocenters. The van der Waals surface area contributed by atoms with E-state index in [1.807, 2.05) is 21.1 Å². The van der Waals surface area contributed by atoms with Gasteiger partial charge in [-0.05, 0) is 51.4 Å². The molecule has 0 aromatic heterocycles. The van der Waals surface area contributed by atoms with Crippen LogP contribution in [0.25, 0.3) is 0 Å². The summed E-state index contributed by atoms with van der Waals surface area (Å²) in [6.45, 7) is 4.33. The Labute approximate surface area is 361 Å². The lowest BCUT2D eigenvalue weighted by atomic mass is 10.0. The number of unbranched alkanes of at least 4 members (excludes halogenated alkanes) is 19. The average molecular weight is 855 g/mol. The molecule has 0 amide bonds. The highest BCUT2D eigenvalue weighted by Gasteiger charge is 2.36. The molecule has 10 nitrogen and oxygen atoms in total. The second-order valence-electron chi connectivity index (χ2n) is 17.5. The van der Waals surface area contributed by atoms with E-state index in [9.17, 15) is 19.0 Å². The van der Waals surface area contributed by atoms with Crippen LogP contribution in [0.15, 0.2) is 36.5 Å². The highest BCUT2D eigenvalue weighted by atomic mass is 31.2. The Morgan fingerprint density at radius 3 is 1.71 bits per heavy atom. The number of phosphoric acid groups is 1. The lowest BCUT2D eigenvalue weighted by molar-refractivity contribution is -0.870. The van der Waals surface area contributed by atoms with E-state index in [1.165, 1.54) is 116 Å². The summed E-state index contributed by atoms with van der Waals surface area (Å²) >= 11 is 0. The van der Waals surface area contributed by atoms with E-state index in [0.717, 1.165) is 38.5 Å². The molecule has 0 radical (unpaired) electrons. The molecule has 0 aromatic carbocycles. The molecule has 0 bridgehead atoms. The third-order valence-electron chi connectivity index (χ3n) is 10.6. The zero-order chi connectivity index (χ0) is 43.3. The highest BCUT2D eigenvalue weighted by Crippen LogP contribution is 2.43. The standard InChI is InChI=1S/C48H88NO9P/c1-6-8-10-12-14-16-18-20-21-22-23-24-26-28-30-32-34-38-48(51)57-44(43-56-59(52,53)55-41-40-49(3,4)5)42-54-47(50)39-35-37-46-45(58-46)36-33-31-29-27-25-19-17-15-13-11-9-7-2/h15,17,25,27,31,33,44-46H,6-14,16,18-24,26,28-30,32,34-43H2,1-5H3/p+1/b17-15-,27-25-,33-31-/t44-,45?,46?/m1/s1. The van der Waals surface area contributed by atoms with Crippen LogP contribution in [-0.4, -0.2) is 87.1 Å². The monoisotopic (exact) mass is 855 g/mol. The van der Waals surface area contributed by atoms with Gasteiger partial charge < -0.3 is 23.6 Å². The molecule has 1 fully saturated rings. The number of carbonyl (C=O) groups excluding carboxylic acids is 2. The number of phosphoric ester groups is 1. The first-order valence-electron chi connectivity index (χ1n) is 23.8. The first kappa shape index (κ1) is 55.2. The van der Waals surface area contributed by atoms with Gasteiger partial charge in [-0.3, -0.25) is 18.6 Å². The number of likely N-dealkylation sites (N-methyl/N-ethyl adjacent to an activating group) is 1. The Morgan fingerprint density at radius 1 is 0.627 bits per heavy atom. The summed E-state index contributed by atoms with van der Waals surface area (Å²) in [7, 11) is 1.44. The minimum Gasteiger partial charge on any atom is -0.462 e. The average Bonchev–Trinajstić information content (AvgIpc) is 3.94. The predicted octanol–water partition coefficient (Wildman–Crippen LogP) is 12.7. The molecule has 1 saturated heterocycles. The van der Waals surface area contributed by atoms with Crippen molar-refractivity contribution in [1.29, 1.82) is 0 Å². The molecule has 0 saturated carbocycles. The first-order chi connectivity index (χ1) is 28.5. The summed E-state index contributed by atoms with van der Waals surface area (Å²) in [4.78, 5) is 35.6. The minimum atomic E-state index is -4.40. The molecule has 1 rings (SSSR count). The molecule has 59 heavy (non-hydrogen) atoms. The largest absolute Gasteiger partial charge is 0.472 e. The summed E-state index contributed by atoms with van der Waals surface area (Å²) in [5.41, 5.74) is 0. The molecule has 0 aliphatic carbocycles. The van der Waals surface area contributed by atoms with Crippen LogP contribution in [0.5, 0.6) is 0 Å². The molecular formula is C48H89NO9P+. The first-order valence-corrected chi connectivity index (χ1v) is 25.3. The molecule has 11 heteroatoms. The Kier molecular flexibility index (Phi) is 34.4. The summed E-state index contributed by atoms with van der Waals surface area (Å²) in [6.07, 6.45) is 43.5. The number of nitrogens with zero attached hydrogens (tertiary/aromatic N) is 1. The number of ether oxygens (including phenoxy) is 3. The van der Waals surface area contributed by atoms with Crippen molar-refractivity contribution < 1.29 is 46.8 Å². The van der Waals surface area contributed by atoms with Crippen LogP contribution in [0.1, 0.15) is 194 Å². The maximum absolute atomic E-state index is 12.7. The van der Waals surface area contributed by atoms with E-state index >= 15 is 0 Å². The van der Waals surface area contributed by atoms with Gasteiger partial charge in [0.1, 0.15) is 19.8 Å². The van der Waals surface area contributed by atoms with Crippen LogP contribution in [0.2, 0.25) is 0 Å². The van der Waals surface area contributed by atoms with Gasteiger partial charge in [-0.2, -0.15) is 0 Å². The van der Waals surface area contributed by atoms with E-state index in [2.05, 4.69) is 50.3 Å². The Morgan fingerprint density at radius 2 is 1.14 bits per heavy atom. The summed E-state index contributed by atoms with van der Waals surface area (Å²) in [6, 6.07) is 0. The lowest BCUT2D eigenvalue weighted by Gasteiger charge is -2.24. The molecule has 1 N–H and O–H groups in total. The Balaban J connectivity index is 2.30. The van der Waals surface area contributed by atoms with Crippen molar-refractivity contribution in [2.45, 2.75) is 212 Å². The lowest BCUT2D eigenvalue weighted by Crippen LogP contribution is -2.37. The van der Waals surface area contributed by atoms with Crippen LogP contribution >= 0.6 is 7.82 Å². The predicted molar refractivity (Wildman–Crippen MR) is 242 cm³/mol. The molecule has 1 aliphatic rings. The molecule has 4 atom stereocenters. The second kappa shape index (κ2) is 36.8. The number of allylic oxidation sites excluding steroid dienone is 5. The molecule has 1 heterocycles. The fourth-order valence-electron chi connectivity index (χ4n) is 6.75. The van der Waals surface area contributed by atoms with E-state index in [0.29, 0.717) is 23.9 Å². The smallest absolute Gasteiger partial charge is 0.462 e. The van der Waals surface area contributed by atoms with Crippen molar-refractivity contribution in [1.82, 2.24) is 0 Å². The van der Waals surface area contributed by atoms with Gasteiger partial charge in [0.05, 0.1) is 40.0 Å². The number of rotatable bonds is 42. The van der Waals surface area contributed by atoms with Crippen LogP contribution < -0.4 is 0 Å².